The highest BCUT2D eigenvalue weighted by Gasteiger charge is 2.27. The van der Waals surface area contributed by atoms with Crippen molar-refractivity contribution < 1.29 is 26.0 Å². The second-order valence-corrected chi connectivity index (χ2v) is 4.80. The lowest BCUT2D eigenvalue weighted by molar-refractivity contribution is 0.172. The number of hydrogen-bond acceptors (Lipinski definition) is 5. The van der Waals surface area contributed by atoms with Crippen molar-refractivity contribution in [2.45, 2.75) is 19.8 Å². The summed E-state index contributed by atoms with van der Waals surface area (Å²) in [5.41, 5.74) is 0.537. The van der Waals surface area contributed by atoms with Crippen molar-refractivity contribution >= 4 is 10.5 Å². The van der Waals surface area contributed by atoms with E-state index in [1.807, 2.05) is 13.8 Å². The molecule has 0 bridgehead atoms. The summed E-state index contributed by atoms with van der Waals surface area (Å²) in [5, 5.41) is 0. The van der Waals surface area contributed by atoms with Gasteiger partial charge in [-0.25, -0.2) is 0 Å². The van der Waals surface area contributed by atoms with Crippen LogP contribution in [0.1, 0.15) is 25.3 Å². The Hall–Kier alpha value is -1.50. The van der Waals surface area contributed by atoms with Crippen LogP contribution < -0.4 is 13.7 Å². The first kappa shape index (κ1) is 12.0. The molecule has 1 aliphatic heterocycles. The SMILES string of the molecule is CC(C)c1ccc2c(c1OS(=O)(=O)F)OCO2. The zero-order chi connectivity index (χ0) is 12.6. The molecule has 0 spiro atoms. The zero-order valence-electron chi connectivity index (χ0n) is 9.27. The molecule has 0 fully saturated rings. The molecule has 0 radical (unpaired) electrons. The van der Waals surface area contributed by atoms with Crippen LogP contribution in [0.15, 0.2) is 12.1 Å². The van der Waals surface area contributed by atoms with Crippen molar-refractivity contribution in [1.82, 2.24) is 0 Å². The standard InChI is InChI=1S/C10H11FO5S/c1-6(2)7-3-4-8-10(15-5-14-8)9(7)16-17(11,12)13/h3-4,6H,5H2,1-2H3. The molecule has 2 rings (SSSR count). The summed E-state index contributed by atoms with van der Waals surface area (Å²) in [7, 11) is -5.09. The van der Waals surface area contributed by atoms with Gasteiger partial charge in [-0.15, -0.1) is 0 Å². The molecular formula is C10H11FO5S. The van der Waals surface area contributed by atoms with Gasteiger partial charge in [0.15, 0.2) is 11.5 Å². The Balaban J connectivity index is 2.56. The highest BCUT2D eigenvalue weighted by molar-refractivity contribution is 7.81. The lowest BCUT2D eigenvalue weighted by Crippen LogP contribution is -2.05. The fraction of sp³-hybridized carbons (Fsp3) is 0.400. The Morgan fingerprint density at radius 3 is 2.65 bits per heavy atom. The van der Waals surface area contributed by atoms with Crippen LogP contribution >= 0.6 is 0 Å². The van der Waals surface area contributed by atoms with Gasteiger partial charge in [0.1, 0.15) is 0 Å². The van der Waals surface area contributed by atoms with Gasteiger partial charge in [0.05, 0.1) is 0 Å². The molecule has 17 heavy (non-hydrogen) atoms. The Morgan fingerprint density at radius 1 is 1.35 bits per heavy atom. The van der Waals surface area contributed by atoms with Crippen LogP contribution in [0.3, 0.4) is 0 Å². The molecule has 5 nitrogen and oxygen atoms in total. The first-order valence-electron chi connectivity index (χ1n) is 4.95. The van der Waals surface area contributed by atoms with Crippen LogP contribution in [0.5, 0.6) is 17.2 Å². The molecule has 0 saturated carbocycles. The number of rotatable bonds is 3. The maximum Gasteiger partial charge on any atom is 0.488 e. The van der Waals surface area contributed by atoms with Gasteiger partial charge in [-0.2, -0.15) is 8.42 Å². The van der Waals surface area contributed by atoms with Crippen LogP contribution in [-0.2, 0) is 10.5 Å². The molecule has 0 atom stereocenters. The fourth-order valence-electron chi connectivity index (χ4n) is 1.60. The lowest BCUT2D eigenvalue weighted by atomic mass is 10.0. The topological polar surface area (TPSA) is 61.8 Å². The quantitative estimate of drug-likeness (QED) is 0.781. The molecule has 0 aliphatic carbocycles. The summed E-state index contributed by atoms with van der Waals surface area (Å²) in [5.74, 6) is 0.282. The third-order valence-corrected chi connectivity index (χ3v) is 2.69. The highest BCUT2D eigenvalue weighted by Crippen LogP contribution is 2.45. The van der Waals surface area contributed by atoms with Crippen molar-refractivity contribution in [3.8, 4) is 17.2 Å². The molecule has 94 valence electrons. The largest absolute Gasteiger partial charge is 0.488 e. The van der Waals surface area contributed by atoms with E-state index in [1.165, 1.54) is 0 Å². The van der Waals surface area contributed by atoms with Crippen LogP contribution in [-0.4, -0.2) is 15.2 Å². The normalized spacial score (nSPS) is 14.1. The molecule has 0 unspecified atom stereocenters. The van der Waals surface area contributed by atoms with E-state index in [1.54, 1.807) is 12.1 Å². The van der Waals surface area contributed by atoms with Crippen LogP contribution in [0.25, 0.3) is 0 Å². The first-order valence-corrected chi connectivity index (χ1v) is 6.26. The number of hydrogen-bond donors (Lipinski definition) is 0. The highest BCUT2D eigenvalue weighted by atomic mass is 32.3. The molecule has 1 heterocycles. The second kappa shape index (κ2) is 4.06. The van der Waals surface area contributed by atoms with Crippen molar-refractivity contribution in [1.29, 1.82) is 0 Å². The first-order chi connectivity index (χ1) is 7.88. The second-order valence-electron chi connectivity index (χ2n) is 3.85. The summed E-state index contributed by atoms with van der Waals surface area (Å²) >= 11 is 0. The van der Waals surface area contributed by atoms with Gasteiger partial charge in [-0.3, -0.25) is 0 Å². The van der Waals surface area contributed by atoms with Crippen molar-refractivity contribution in [3.63, 3.8) is 0 Å². The van der Waals surface area contributed by atoms with E-state index in [0.717, 1.165) is 0 Å². The molecule has 1 aromatic rings. The van der Waals surface area contributed by atoms with Crippen molar-refractivity contribution in [3.05, 3.63) is 17.7 Å². The Bertz CT molecular complexity index is 538. The third kappa shape index (κ3) is 2.44. The number of ether oxygens (including phenoxy) is 2. The summed E-state index contributed by atoms with van der Waals surface area (Å²) in [6, 6.07) is 3.26. The fourth-order valence-corrected chi connectivity index (χ4v) is 1.97. The maximum absolute atomic E-state index is 12.6. The van der Waals surface area contributed by atoms with Crippen LogP contribution in [0.4, 0.5) is 3.89 Å². The van der Waals surface area contributed by atoms with Gasteiger partial charge in [0.2, 0.25) is 12.5 Å². The summed E-state index contributed by atoms with van der Waals surface area (Å²) in [4.78, 5) is 0. The van der Waals surface area contributed by atoms with E-state index in [0.29, 0.717) is 11.3 Å². The third-order valence-electron chi connectivity index (χ3n) is 2.33. The summed E-state index contributed by atoms with van der Waals surface area (Å²) < 4.78 is 48.3. The van der Waals surface area contributed by atoms with E-state index >= 15 is 0 Å². The minimum absolute atomic E-state index is 0.0405. The zero-order valence-corrected chi connectivity index (χ0v) is 10.1. The van der Waals surface area contributed by atoms with Crippen LogP contribution in [0, 0.1) is 0 Å². The molecule has 0 saturated heterocycles. The summed E-state index contributed by atoms with van der Waals surface area (Å²) in [6.45, 7) is 3.62. The van der Waals surface area contributed by atoms with E-state index in [4.69, 9.17) is 9.47 Å². The Kier molecular flexibility index (Phi) is 2.86. The predicted octanol–water partition coefficient (Wildman–Crippen LogP) is 2.13. The van der Waals surface area contributed by atoms with E-state index in [-0.39, 0.29) is 24.2 Å². The predicted molar refractivity (Wildman–Crippen MR) is 57.3 cm³/mol. The van der Waals surface area contributed by atoms with E-state index in [2.05, 4.69) is 4.18 Å². The molecule has 0 aromatic heterocycles. The number of benzene rings is 1. The minimum Gasteiger partial charge on any atom is -0.453 e. The average molecular weight is 262 g/mol. The Morgan fingerprint density at radius 2 is 2.06 bits per heavy atom. The summed E-state index contributed by atoms with van der Waals surface area (Å²) in [6.07, 6.45) is 0. The lowest BCUT2D eigenvalue weighted by Gasteiger charge is -2.12. The van der Waals surface area contributed by atoms with Gasteiger partial charge in [-0.1, -0.05) is 23.8 Å². The van der Waals surface area contributed by atoms with Crippen molar-refractivity contribution in [2.24, 2.45) is 0 Å². The average Bonchev–Trinajstić information content (AvgIpc) is 2.63. The number of fused-ring (bicyclic) bond motifs is 1. The molecule has 0 N–H and O–H groups in total. The minimum atomic E-state index is -5.09. The van der Waals surface area contributed by atoms with Gasteiger partial charge < -0.3 is 13.7 Å². The smallest absolute Gasteiger partial charge is 0.453 e. The van der Waals surface area contributed by atoms with E-state index in [9.17, 15) is 12.3 Å². The Labute approximate surface area is 98.5 Å². The van der Waals surface area contributed by atoms with E-state index < -0.39 is 10.5 Å². The maximum atomic E-state index is 12.6. The van der Waals surface area contributed by atoms with Crippen LogP contribution in [0.2, 0.25) is 0 Å². The molecule has 0 amide bonds. The van der Waals surface area contributed by atoms with Gasteiger partial charge in [-0.05, 0) is 12.0 Å². The van der Waals surface area contributed by atoms with Gasteiger partial charge >= 0.3 is 10.5 Å². The number of halogens is 1. The van der Waals surface area contributed by atoms with Gasteiger partial charge in [0.25, 0.3) is 0 Å². The molecule has 1 aliphatic rings. The van der Waals surface area contributed by atoms with Crippen molar-refractivity contribution in [2.75, 3.05) is 6.79 Å². The monoisotopic (exact) mass is 262 g/mol. The molecule has 7 heteroatoms. The molecular weight excluding hydrogens is 251 g/mol. The van der Waals surface area contributed by atoms with Gasteiger partial charge in [0, 0.05) is 5.56 Å². The molecule has 1 aromatic carbocycles.